The third kappa shape index (κ3) is 1.73. The molecule has 0 radical (unpaired) electrons. The van der Waals surface area contributed by atoms with Crippen LogP contribution in [0.15, 0.2) is 0 Å². The van der Waals surface area contributed by atoms with E-state index in [0.29, 0.717) is 25.3 Å². The fourth-order valence-corrected chi connectivity index (χ4v) is 1.90. The maximum absolute atomic E-state index is 10.6. The first-order valence-electron chi connectivity index (χ1n) is 4.90. The molecule has 1 aliphatic heterocycles. The average Bonchev–Trinajstić information content (AvgIpc) is 2.56. The van der Waals surface area contributed by atoms with E-state index in [-0.39, 0.29) is 6.61 Å². The number of aromatic nitrogens is 2. The largest absolute Gasteiger partial charge is 0.395 e. The Morgan fingerprint density at radius 1 is 1.60 bits per heavy atom. The van der Waals surface area contributed by atoms with Crippen LogP contribution in [0, 0.1) is 0 Å². The minimum absolute atomic E-state index is 0.138. The molecule has 0 amide bonds. The number of hydrogen-bond acceptors (Lipinski definition) is 5. The van der Waals surface area contributed by atoms with Gasteiger partial charge in [-0.2, -0.15) is 9.78 Å². The van der Waals surface area contributed by atoms with Crippen molar-refractivity contribution in [1.29, 1.82) is 0 Å². The Labute approximate surface area is 87.3 Å². The number of anilines is 1. The average molecular weight is 210 g/mol. The quantitative estimate of drug-likeness (QED) is 0.616. The fourth-order valence-electron chi connectivity index (χ4n) is 1.90. The summed E-state index contributed by atoms with van der Waals surface area (Å²) in [6.07, 6.45) is 1.40. The molecule has 1 aromatic rings. The Morgan fingerprint density at radius 3 is 3.07 bits per heavy atom. The summed E-state index contributed by atoms with van der Waals surface area (Å²) in [4.78, 5) is 12.7. The van der Waals surface area contributed by atoms with Crippen LogP contribution in [-0.4, -0.2) is 45.9 Å². The van der Waals surface area contributed by atoms with Crippen molar-refractivity contribution in [2.24, 2.45) is 0 Å². The summed E-state index contributed by atoms with van der Waals surface area (Å²) in [7, 11) is 0. The standard InChI is InChI=1S/C9H14N4O2/c10-9-7-1-2-12(3-4-14)5-8(7)11-13(9)6-15/h6,14H,1-5,10H2. The van der Waals surface area contributed by atoms with Crippen LogP contribution < -0.4 is 5.73 Å². The molecule has 1 aromatic heterocycles. The lowest BCUT2D eigenvalue weighted by atomic mass is 10.1. The van der Waals surface area contributed by atoms with Crippen LogP contribution in [0.1, 0.15) is 11.3 Å². The SMILES string of the molecule is Nc1c2c(nn1C=O)CN(CCO)CC2. The van der Waals surface area contributed by atoms with Crippen molar-refractivity contribution in [2.75, 3.05) is 25.4 Å². The molecule has 0 fully saturated rings. The van der Waals surface area contributed by atoms with Crippen LogP contribution in [0.3, 0.4) is 0 Å². The van der Waals surface area contributed by atoms with Gasteiger partial charge in [-0.05, 0) is 6.42 Å². The van der Waals surface area contributed by atoms with E-state index >= 15 is 0 Å². The highest BCUT2D eigenvalue weighted by Crippen LogP contribution is 2.22. The number of carbonyl (C=O) groups excluding carboxylic acids is 1. The zero-order valence-corrected chi connectivity index (χ0v) is 8.39. The molecule has 6 nitrogen and oxygen atoms in total. The van der Waals surface area contributed by atoms with Crippen molar-refractivity contribution >= 4 is 12.2 Å². The number of carbonyl (C=O) groups is 1. The molecule has 0 atom stereocenters. The highest BCUT2D eigenvalue weighted by Gasteiger charge is 2.22. The number of nitrogens with two attached hydrogens (primary N) is 1. The predicted molar refractivity (Wildman–Crippen MR) is 54.9 cm³/mol. The van der Waals surface area contributed by atoms with Crippen molar-refractivity contribution in [3.63, 3.8) is 0 Å². The number of rotatable bonds is 3. The first-order chi connectivity index (χ1) is 7.26. The lowest BCUT2D eigenvalue weighted by Gasteiger charge is -2.24. The van der Waals surface area contributed by atoms with Crippen molar-refractivity contribution in [3.05, 3.63) is 11.3 Å². The number of nitrogen functional groups attached to an aromatic ring is 1. The molecule has 0 saturated carbocycles. The summed E-state index contributed by atoms with van der Waals surface area (Å²) in [6.45, 7) is 2.27. The maximum atomic E-state index is 10.6. The zero-order valence-electron chi connectivity index (χ0n) is 8.39. The van der Waals surface area contributed by atoms with Crippen molar-refractivity contribution in [3.8, 4) is 0 Å². The first-order valence-corrected chi connectivity index (χ1v) is 4.90. The van der Waals surface area contributed by atoms with Gasteiger partial charge in [0, 0.05) is 25.2 Å². The summed E-state index contributed by atoms with van der Waals surface area (Å²) in [5.74, 6) is 0.448. The molecule has 0 spiro atoms. The number of β-amino-alcohol motifs (C(OH)–C–C–N with tert-alkyl or cyclic N) is 1. The Bertz CT molecular complexity index is 374. The Hall–Kier alpha value is -1.40. The van der Waals surface area contributed by atoms with Gasteiger partial charge in [-0.15, -0.1) is 0 Å². The van der Waals surface area contributed by atoms with Crippen LogP contribution in [-0.2, 0) is 17.8 Å². The first kappa shape index (κ1) is 10.1. The van der Waals surface area contributed by atoms with Crippen LogP contribution in [0.4, 0.5) is 5.82 Å². The van der Waals surface area contributed by atoms with Gasteiger partial charge in [0.05, 0.1) is 12.3 Å². The normalized spacial score (nSPS) is 16.3. The van der Waals surface area contributed by atoms with Gasteiger partial charge in [-0.1, -0.05) is 0 Å². The van der Waals surface area contributed by atoms with E-state index in [4.69, 9.17) is 10.8 Å². The van der Waals surface area contributed by atoms with Crippen molar-refractivity contribution in [2.45, 2.75) is 13.0 Å². The molecule has 2 rings (SSSR count). The van der Waals surface area contributed by atoms with Crippen LogP contribution >= 0.6 is 0 Å². The van der Waals surface area contributed by atoms with Gasteiger partial charge < -0.3 is 10.8 Å². The van der Waals surface area contributed by atoms with Gasteiger partial charge in [0.2, 0.25) is 6.41 Å². The minimum atomic E-state index is 0.138. The van der Waals surface area contributed by atoms with Gasteiger partial charge in [-0.3, -0.25) is 9.69 Å². The molecule has 0 unspecified atom stereocenters. The Balaban J connectivity index is 2.23. The molecule has 3 N–H and O–H groups in total. The van der Waals surface area contributed by atoms with E-state index in [1.54, 1.807) is 0 Å². The second kappa shape index (κ2) is 4.00. The topological polar surface area (TPSA) is 84.4 Å². The molecule has 1 aliphatic rings. The van der Waals surface area contributed by atoms with Crippen molar-refractivity contribution < 1.29 is 9.90 Å². The minimum Gasteiger partial charge on any atom is -0.395 e. The molecular weight excluding hydrogens is 196 g/mol. The van der Waals surface area contributed by atoms with E-state index in [2.05, 4.69) is 10.00 Å². The third-order valence-electron chi connectivity index (χ3n) is 2.70. The van der Waals surface area contributed by atoms with E-state index in [1.165, 1.54) is 4.68 Å². The fraction of sp³-hybridized carbons (Fsp3) is 0.556. The molecule has 0 saturated heterocycles. The summed E-state index contributed by atoms with van der Waals surface area (Å²) >= 11 is 0. The monoisotopic (exact) mass is 210 g/mol. The molecule has 82 valence electrons. The number of nitrogens with zero attached hydrogens (tertiary/aromatic N) is 3. The number of aliphatic hydroxyl groups excluding tert-OH is 1. The van der Waals surface area contributed by atoms with E-state index in [1.807, 2.05) is 0 Å². The lowest BCUT2D eigenvalue weighted by molar-refractivity contribution is 0.183. The Kier molecular flexibility index (Phi) is 2.70. The van der Waals surface area contributed by atoms with Gasteiger partial charge in [0.25, 0.3) is 0 Å². The molecule has 6 heteroatoms. The summed E-state index contributed by atoms with van der Waals surface area (Å²) < 4.78 is 1.17. The molecule has 15 heavy (non-hydrogen) atoms. The van der Waals surface area contributed by atoms with Crippen molar-refractivity contribution in [1.82, 2.24) is 14.7 Å². The summed E-state index contributed by atoms with van der Waals surface area (Å²) in [5, 5.41) is 12.9. The highest BCUT2D eigenvalue weighted by molar-refractivity contribution is 5.61. The van der Waals surface area contributed by atoms with Gasteiger partial charge in [-0.25, -0.2) is 0 Å². The Morgan fingerprint density at radius 2 is 2.40 bits per heavy atom. The van der Waals surface area contributed by atoms with Gasteiger partial charge >= 0.3 is 0 Å². The third-order valence-corrected chi connectivity index (χ3v) is 2.70. The molecule has 0 aromatic carbocycles. The van der Waals surface area contributed by atoms with Crippen LogP contribution in [0.2, 0.25) is 0 Å². The number of hydrogen-bond donors (Lipinski definition) is 2. The second-order valence-electron chi connectivity index (χ2n) is 3.61. The van der Waals surface area contributed by atoms with E-state index < -0.39 is 0 Å². The molecular formula is C9H14N4O2. The van der Waals surface area contributed by atoms with Crippen LogP contribution in [0.5, 0.6) is 0 Å². The summed E-state index contributed by atoms with van der Waals surface area (Å²) in [5.41, 5.74) is 7.57. The second-order valence-corrected chi connectivity index (χ2v) is 3.61. The maximum Gasteiger partial charge on any atom is 0.235 e. The van der Waals surface area contributed by atoms with Crippen LogP contribution in [0.25, 0.3) is 0 Å². The molecule has 0 bridgehead atoms. The highest BCUT2D eigenvalue weighted by atomic mass is 16.3. The summed E-state index contributed by atoms with van der Waals surface area (Å²) in [6, 6.07) is 0. The molecule has 0 aliphatic carbocycles. The lowest BCUT2D eigenvalue weighted by Crippen LogP contribution is -2.32. The molecule has 2 heterocycles. The van der Waals surface area contributed by atoms with Gasteiger partial charge in [0.1, 0.15) is 5.82 Å². The van der Waals surface area contributed by atoms with E-state index in [9.17, 15) is 4.79 Å². The zero-order chi connectivity index (χ0) is 10.8. The number of fused-ring (bicyclic) bond motifs is 1. The smallest absolute Gasteiger partial charge is 0.235 e. The number of aliphatic hydroxyl groups is 1. The predicted octanol–water partition coefficient (Wildman–Crippen LogP) is -1.15. The van der Waals surface area contributed by atoms with E-state index in [0.717, 1.165) is 24.2 Å². The van der Waals surface area contributed by atoms with Gasteiger partial charge in [0.15, 0.2) is 0 Å².